The van der Waals surface area contributed by atoms with Gasteiger partial charge in [-0.15, -0.1) is 10.2 Å². The lowest BCUT2D eigenvalue weighted by Gasteiger charge is -2.39. The number of benzene rings is 1. The van der Waals surface area contributed by atoms with Crippen LogP contribution in [0.2, 0.25) is 0 Å². The molecule has 1 saturated heterocycles. The number of hydrogen-bond donors (Lipinski definition) is 2. The highest BCUT2D eigenvalue weighted by molar-refractivity contribution is 5.63. The minimum Gasteiger partial charge on any atom is -0.512 e. The van der Waals surface area contributed by atoms with Crippen molar-refractivity contribution in [3.05, 3.63) is 41.3 Å². The van der Waals surface area contributed by atoms with Crippen LogP contribution in [0, 0.1) is 6.92 Å². The number of rotatable bonds is 5. The number of aromatic nitrogens is 3. The first-order valence-electron chi connectivity index (χ1n) is 9.87. The number of piperidine rings is 1. The zero-order valence-electron chi connectivity index (χ0n) is 16.5. The minimum absolute atomic E-state index is 0.196. The van der Waals surface area contributed by atoms with Crippen molar-refractivity contribution >= 4 is 5.95 Å². The van der Waals surface area contributed by atoms with E-state index in [0.717, 1.165) is 55.6 Å². The second-order valence-corrected chi connectivity index (χ2v) is 7.83. The molecule has 2 heterocycles. The van der Waals surface area contributed by atoms with E-state index < -0.39 is 0 Å². The van der Waals surface area contributed by atoms with Crippen molar-refractivity contribution in [1.29, 1.82) is 0 Å². The van der Waals surface area contributed by atoms with Crippen molar-refractivity contribution in [2.24, 2.45) is 0 Å². The number of hydrogen-bond acceptors (Lipinski definition) is 7. The molecule has 2 aliphatic rings. The van der Waals surface area contributed by atoms with Gasteiger partial charge in [-0.05, 0) is 57.5 Å². The average molecular weight is 381 g/mol. The van der Waals surface area contributed by atoms with Crippen LogP contribution in [0.1, 0.15) is 31.4 Å². The summed E-state index contributed by atoms with van der Waals surface area (Å²) in [5.74, 6) is 1.31. The fraction of sp³-hybridized carbons (Fsp3) is 0.476. The van der Waals surface area contributed by atoms with Gasteiger partial charge in [0.2, 0.25) is 5.95 Å². The summed E-state index contributed by atoms with van der Waals surface area (Å²) < 4.78 is 0. The molecule has 148 valence electrons. The molecule has 0 amide bonds. The Kier molecular flexibility index (Phi) is 5.17. The van der Waals surface area contributed by atoms with Gasteiger partial charge in [0, 0.05) is 31.1 Å². The Bertz CT molecular complexity index is 898. The molecule has 0 bridgehead atoms. The Morgan fingerprint density at radius 1 is 1.21 bits per heavy atom. The molecule has 7 heteroatoms. The van der Waals surface area contributed by atoms with Crippen LogP contribution < -0.4 is 4.90 Å². The largest absolute Gasteiger partial charge is 0.512 e. The van der Waals surface area contributed by atoms with Gasteiger partial charge in [0.25, 0.3) is 0 Å². The van der Waals surface area contributed by atoms with Gasteiger partial charge in [0.1, 0.15) is 11.4 Å². The first-order valence-corrected chi connectivity index (χ1v) is 9.87. The summed E-state index contributed by atoms with van der Waals surface area (Å²) >= 11 is 0. The lowest BCUT2D eigenvalue weighted by molar-refractivity contribution is 0.243. The fourth-order valence-corrected chi connectivity index (χ4v) is 3.98. The molecule has 1 aromatic carbocycles. The molecule has 2 N–H and O–H groups in total. The standard InChI is InChI=1S/C21H27N5O2/c1-14-20(15-5-3-7-18(27)11-15)23-24-21(22-14)26(12-16-8-9-19(16)28)17-6-4-10-25(2)13-17/h3,5,7,11,17,27-28H,4,6,8-10,12-13H2,1-2H3/t17-/m1/s1. The molecule has 0 radical (unpaired) electrons. The van der Waals surface area contributed by atoms with Crippen LogP contribution in [0.4, 0.5) is 5.95 Å². The second kappa shape index (κ2) is 7.75. The summed E-state index contributed by atoms with van der Waals surface area (Å²) in [7, 11) is 2.14. The molecule has 7 nitrogen and oxygen atoms in total. The maximum atomic E-state index is 9.99. The number of aromatic hydroxyl groups is 1. The molecule has 0 unspecified atom stereocenters. The number of aliphatic hydroxyl groups excluding tert-OH is 1. The number of likely N-dealkylation sites (N-methyl/N-ethyl adjacent to an activating group) is 1. The van der Waals surface area contributed by atoms with Crippen LogP contribution >= 0.6 is 0 Å². The summed E-state index contributed by atoms with van der Waals surface area (Å²) in [5, 5.41) is 28.6. The summed E-state index contributed by atoms with van der Waals surface area (Å²) in [5.41, 5.74) is 3.32. The van der Waals surface area contributed by atoms with Crippen molar-refractivity contribution in [1.82, 2.24) is 20.1 Å². The van der Waals surface area contributed by atoms with Gasteiger partial charge in [-0.2, -0.15) is 0 Å². The first kappa shape index (κ1) is 18.7. The number of phenols is 1. The Morgan fingerprint density at radius 2 is 2.07 bits per heavy atom. The monoisotopic (exact) mass is 381 g/mol. The van der Waals surface area contributed by atoms with E-state index in [2.05, 4.69) is 27.0 Å². The van der Waals surface area contributed by atoms with Crippen LogP contribution in [0.25, 0.3) is 11.3 Å². The summed E-state index contributed by atoms with van der Waals surface area (Å²) in [6, 6.07) is 7.28. The molecule has 4 rings (SSSR count). The number of phenolic OH excluding ortho intramolecular Hbond substituents is 1. The van der Waals surface area contributed by atoms with E-state index >= 15 is 0 Å². The number of aryl methyl sites for hydroxylation is 1. The van der Waals surface area contributed by atoms with Gasteiger partial charge >= 0.3 is 0 Å². The van der Waals surface area contributed by atoms with Crippen molar-refractivity contribution in [2.75, 3.05) is 31.6 Å². The van der Waals surface area contributed by atoms with Crippen LogP contribution in [-0.4, -0.2) is 63.0 Å². The smallest absolute Gasteiger partial charge is 0.246 e. The molecule has 0 saturated carbocycles. The van der Waals surface area contributed by atoms with Gasteiger partial charge in [-0.3, -0.25) is 0 Å². The number of likely N-dealkylation sites (tertiary alicyclic amines) is 1. The van der Waals surface area contributed by atoms with Crippen molar-refractivity contribution in [3.8, 4) is 17.0 Å². The molecule has 1 aromatic heterocycles. The van der Waals surface area contributed by atoms with Gasteiger partial charge in [-0.1, -0.05) is 12.1 Å². The third-order valence-electron chi connectivity index (χ3n) is 5.70. The zero-order valence-corrected chi connectivity index (χ0v) is 16.5. The Balaban J connectivity index is 1.65. The van der Waals surface area contributed by atoms with Crippen LogP contribution in [-0.2, 0) is 0 Å². The van der Waals surface area contributed by atoms with Gasteiger partial charge < -0.3 is 20.0 Å². The highest BCUT2D eigenvalue weighted by Crippen LogP contribution is 2.30. The van der Waals surface area contributed by atoms with Gasteiger partial charge in [0.05, 0.1) is 11.5 Å². The molecule has 2 aromatic rings. The Morgan fingerprint density at radius 3 is 2.71 bits per heavy atom. The van der Waals surface area contributed by atoms with E-state index in [1.54, 1.807) is 18.2 Å². The maximum absolute atomic E-state index is 9.99. The molecular formula is C21H27N5O2. The Hall–Kier alpha value is -2.67. The van der Waals surface area contributed by atoms with E-state index in [1.807, 2.05) is 13.0 Å². The third kappa shape index (κ3) is 3.80. The van der Waals surface area contributed by atoms with E-state index in [1.165, 1.54) is 0 Å². The fourth-order valence-electron chi connectivity index (χ4n) is 3.98. The quantitative estimate of drug-likeness (QED) is 0.823. The lowest BCUT2D eigenvalue weighted by Crippen LogP contribution is -2.48. The molecular weight excluding hydrogens is 354 g/mol. The number of allylic oxidation sites excluding steroid dienone is 1. The highest BCUT2D eigenvalue weighted by atomic mass is 16.3. The topological polar surface area (TPSA) is 85.6 Å². The highest BCUT2D eigenvalue weighted by Gasteiger charge is 2.29. The van der Waals surface area contributed by atoms with Crippen LogP contribution in [0.15, 0.2) is 35.6 Å². The molecule has 28 heavy (non-hydrogen) atoms. The predicted octanol–water partition coefficient (Wildman–Crippen LogP) is 3.06. The van der Waals surface area contributed by atoms with Crippen molar-refractivity contribution in [2.45, 2.75) is 38.6 Å². The minimum atomic E-state index is 0.196. The predicted molar refractivity (Wildman–Crippen MR) is 108 cm³/mol. The molecule has 1 aliphatic carbocycles. The SMILES string of the molecule is Cc1nc(N(CC2=C(O)CC2)[C@@H]2CCCN(C)C2)nnc1-c1cccc(O)c1. The summed E-state index contributed by atoms with van der Waals surface area (Å²) in [6.07, 6.45) is 3.91. The number of nitrogens with zero attached hydrogens (tertiary/aromatic N) is 5. The van der Waals surface area contributed by atoms with Crippen molar-refractivity contribution in [3.63, 3.8) is 0 Å². The van der Waals surface area contributed by atoms with Crippen LogP contribution in [0.3, 0.4) is 0 Å². The third-order valence-corrected chi connectivity index (χ3v) is 5.70. The van der Waals surface area contributed by atoms with E-state index in [4.69, 9.17) is 4.98 Å². The lowest BCUT2D eigenvalue weighted by atomic mass is 9.94. The molecule has 1 atom stereocenters. The van der Waals surface area contributed by atoms with Crippen molar-refractivity contribution < 1.29 is 10.2 Å². The number of aliphatic hydroxyl groups is 1. The Labute approximate surface area is 165 Å². The summed E-state index contributed by atoms with van der Waals surface area (Å²) in [4.78, 5) is 9.30. The zero-order chi connectivity index (χ0) is 19.7. The molecule has 1 aliphatic heterocycles. The van der Waals surface area contributed by atoms with Gasteiger partial charge in [-0.25, -0.2) is 4.98 Å². The average Bonchev–Trinajstić information content (AvgIpc) is 2.67. The molecule has 1 fully saturated rings. The van der Waals surface area contributed by atoms with E-state index in [0.29, 0.717) is 30.0 Å². The van der Waals surface area contributed by atoms with E-state index in [-0.39, 0.29) is 5.75 Å². The van der Waals surface area contributed by atoms with Crippen LogP contribution in [0.5, 0.6) is 5.75 Å². The normalized spacial score (nSPS) is 20.1. The molecule has 0 spiro atoms. The number of anilines is 1. The first-order chi connectivity index (χ1) is 13.5. The maximum Gasteiger partial charge on any atom is 0.246 e. The summed E-state index contributed by atoms with van der Waals surface area (Å²) in [6.45, 7) is 4.62. The van der Waals surface area contributed by atoms with E-state index in [9.17, 15) is 10.2 Å². The van der Waals surface area contributed by atoms with Gasteiger partial charge in [0.15, 0.2) is 0 Å². The second-order valence-electron chi connectivity index (χ2n) is 7.83.